The summed E-state index contributed by atoms with van der Waals surface area (Å²) >= 11 is 0. The third-order valence-corrected chi connectivity index (χ3v) is 7.42. The monoisotopic (exact) mass is 394 g/mol. The van der Waals surface area contributed by atoms with Crippen molar-refractivity contribution in [2.24, 2.45) is 23.7 Å². The van der Waals surface area contributed by atoms with Gasteiger partial charge in [0.15, 0.2) is 0 Å². The Morgan fingerprint density at radius 1 is 0.750 bits per heavy atom. The maximum atomic E-state index is 12.1. The Labute approximate surface area is 174 Å². The van der Waals surface area contributed by atoms with Crippen molar-refractivity contribution >= 4 is 5.97 Å². The molecule has 0 bridgehead atoms. The van der Waals surface area contributed by atoms with E-state index in [1.165, 1.54) is 96.3 Å². The highest BCUT2D eigenvalue weighted by atomic mass is 16.5. The molecule has 2 aliphatic carbocycles. The van der Waals surface area contributed by atoms with Gasteiger partial charge in [-0.3, -0.25) is 4.79 Å². The molecule has 0 saturated heterocycles. The van der Waals surface area contributed by atoms with Crippen molar-refractivity contribution in [2.45, 2.75) is 116 Å². The molecule has 0 unspecified atom stereocenters. The third kappa shape index (κ3) is 9.29. The summed E-state index contributed by atoms with van der Waals surface area (Å²) in [5, 5.41) is 9.31. The summed E-state index contributed by atoms with van der Waals surface area (Å²) in [6, 6.07) is 0. The van der Waals surface area contributed by atoms with Gasteiger partial charge in [0.1, 0.15) is 0 Å². The van der Waals surface area contributed by atoms with Crippen LogP contribution in [0.15, 0.2) is 0 Å². The number of rotatable bonds is 13. The van der Waals surface area contributed by atoms with Crippen molar-refractivity contribution in [3.05, 3.63) is 0 Å². The number of aliphatic hydroxyl groups is 1. The van der Waals surface area contributed by atoms with Gasteiger partial charge in [-0.1, -0.05) is 51.9 Å². The molecule has 0 radical (unpaired) electrons. The minimum atomic E-state index is 0.0369. The quantitative estimate of drug-likeness (QED) is 0.280. The van der Waals surface area contributed by atoms with Gasteiger partial charge in [0.2, 0.25) is 0 Å². The number of carbonyl (C=O) groups excluding carboxylic acids is 1. The smallest absolute Gasteiger partial charge is 0.306 e. The molecule has 2 aliphatic rings. The average molecular weight is 395 g/mol. The summed E-state index contributed by atoms with van der Waals surface area (Å²) < 4.78 is 5.49. The molecule has 3 nitrogen and oxygen atoms in total. The van der Waals surface area contributed by atoms with Gasteiger partial charge in [0.25, 0.3) is 0 Å². The third-order valence-electron chi connectivity index (χ3n) is 7.42. The molecular formula is C25H46O3. The first kappa shape index (κ1) is 23.7. The molecule has 0 spiro atoms. The number of ether oxygens (including phenoxy) is 1. The topological polar surface area (TPSA) is 46.5 Å². The number of unbranched alkanes of at least 4 members (excludes halogenated alkanes) is 7. The van der Waals surface area contributed by atoms with Crippen molar-refractivity contribution in [3.63, 3.8) is 0 Å². The van der Waals surface area contributed by atoms with Gasteiger partial charge in [0.05, 0.1) is 6.61 Å². The maximum Gasteiger partial charge on any atom is 0.306 e. The Hall–Kier alpha value is -0.570. The molecule has 2 rings (SSSR count). The Kier molecular flexibility index (Phi) is 12.2. The molecule has 0 aromatic rings. The molecule has 0 amide bonds. The summed E-state index contributed by atoms with van der Waals surface area (Å²) in [6.45, 7) is 3.25. The standard InChI is InChI=1S/C25H46O3/c1-2-3-4-5-6-7-8-9-18-28-25(27)19-21-10-14-23(15-11-21)24-16-12-22(20-26)13-17-24/h21-24,26H,2-20H2,1H3. The number of aliphatic hydroxyl groups excluding tert-OH is 1. The molecule has 0 aliphatic heterocycles. The molecule has 2 fully saturated rings. The lowest BCUT2D eigenvalue weighted by Gasteiger charge is -2.37. The minimum absolute atomic E-state index is 0.0369. The van der Waals surface area contributed by atoms with Crippen molar-refractivity contribution in [1.82, 2.24) is 0 Å². The van der Waals surface area contributed by atoms with E-state index in [4.69, 9.17) is 4.74 Å². The molecule has 2 saturated carbocycles. The van der Waals surface area contributed by atoms with Crippen LogP contribution >= 0.6 is 0 Å². The predicted octanol–water partition coefficient (Wildman–Crippen LogP) is 6.67. The lowest BCUT2D eigenvalue weighted by Crippen LogP contribution is -2.27. The summed E-state index contributed by atoms with van der Waals surface area (Å²) in [4.78, 5) is 12.1. The highest BCUT2D eigenvalue weighted by Crippen LogP contribution is 2.41. The second kappa shape index (κ2) is 14.4. The summed E-state index contributed by atoms with van der Waals surface area (Å²) in [6.07, 6.45) is 20.9. The van der Waals surface area contributed by atoms with Crippen molar-refractivity contribution in [1.29, 1.82) is 0 Å². The van der Waals surface area contributed by atoms with Crippen molar-refractivity contribution in [3.8, 4) is 0 Å². The number of hydrogen-bond acceptors (Lipinski definition) is 3. The first-order valence-electron chi connectivity index (χ1n) is 12.5. The van der Waals surface area contributed by atoms with Gasteiger partial charge >= 0.3 is 5.97 Å². The fourth-order valence-corrected chi connectivity index (χ4v) is 5.42. The van der Waals surface area contributed by atoms with Gasteiger partial charge in [-0.15, -0.1) is 0 Å². The largest absolute Gasteiger partial charge is 0.466 e. The van der Waals surface area contributed by atoms with Crippen molar-refractivity contribution in [2.75, 3.05) is 13.2 Å². The minimum Gasteiger partial charge on any atom is -0.466 e. The second-order valence-corrected chi connectivity index (χ2v) is 9.64. The van der Waals surface area contributed by atoms with E-state index in [1.54, 1.807) is 0 Å². The zero-order valence-electron chi connectivity index (χ0n) is 18.5. The van der Waals surface area contributed by atoms with Crippen LogP contribution in [0, 0.1) is 23.7 Å². The van der Waals surface area contributed by atoms with Crippen LogP contribution in [-0.4, -0.2) is 24.3 Å². The Balaban J connectivity index is 1.46. The molecule has 3 heteroatoms. The molecule has 0 heterocycles. The Bertz CT molecular complexity index is 393. The van der Waals surface area contributed by atoms with E-state index in [0.29, 0.717) is 31.5 Å². The van der Waals surface area contributed by atoms with Crippen LogP contribution in [0.5, 0.6) is 0 Å². The molecule has 0 aromatic heterocycles. The molecular weight excluding hydrogens is 348 g/mol. The fraction of sp³-hybridized carbons (Fsp3) is 0.960. The molecule has 28 heavy (non-hydrogen) atoms. The zero-order chi connectivity index (χ0) is 20.0. The first-order valence-corrected chi connectivity index (χ1v) is 12.5. The highest BCUT2D eigenvalue weighted by molar-refractivity contribution is 5.69. The maximum absolute atomic E-state index is 12.1. The number of esters is 1. The lowest BCUT2D eigenvalue weighted by atomic mass is 9.69. The Morgan fingerprint density at radius 3 is 1.79 bits per heavy atom. The first-order chi connectivity index (χ1) is 13.7. The van der Waals surface area contributed by atoms with Gasteiger partial charge in [-0.25, -0.2) is 0 Å². The van der Waals surface area contributed by atoms with Crippen LogP contribution in [-0.2, 0) is 9.53 Å². The molecule has 0 atom stereocenters. The van der Waals surface area contributed by atoms with E-state index >= 15 is 0 Å². The second-order valence-electron chi connectivity index (χ2n) is 9.64. The average Bonchev–Trinajstić information content (AvgIpc) is 2.73. The lowest BCUT2D eigenvalue weighted by molar-refractivity contribution is -0.145. The van der Waals surface area contributed by atoms with E-state index in [1.807, 2.05) is 0 Å². The van der Waals surface area contributed by atoms with E-state index in [2.05, 4.69) is 6.92 Å². The van der Waals surface area contributed by atoms with Crippen LogP contribution in [0.25, 0.3) is 0 Å². The number of hydrogen-bond donors (Lipinski definition) is 1. The Morgan fingerprint density at radius 2 is 1.25 bits per heavy atom. The van der Waals surface area contributed by atoms with Crippen LogP contribution in [0.4, 0.5) is 0 Å². The normalized spacial score (nSPS) is 28.2. The summed E-state index contributed by atoms with van der Waals surface area (Å²) in [7, 11) is 0. The van der Waals surface area contributed by atoms with Crippen molar-refractivity contribution < 1.29 is 14.6 Å². The van der Waals surface area contributed by atoms with E-state index < -0.39 is 0 Å². The predicted molar refractivity (Wildman–Crippen MR) is 116 cm³/mol. The van der Waals surface area contributed by atoms with E-state index in [0.717, 1.165) is 18.3 Å². The van der Waals surface area contributed by atoms with Gasteiger partial charge in [-0.05, 0) is 81.5 Å². The fourth-order valence-electron chi connectivity index (χ4n) is 5.42. The van der Waals surface area contributed by atoms with Crippen LogP contribution < -0.4 is 0 Å². The SMILES string of the molecule is CCCCCCCCCCOC(=O)CC1CCC(C2CCC(CO)CC2)CC1. The highest BCUT2D eigenvalue weighted by Gasteiger charge is 2.31. The van der Waals surface area contributed by atoms with Gasteiger partial charge in [0, 0.05) is 13.0 Å². The van der Waals surface area contributed by atoms with Crippen LogP contribution in [0.3, 0.4) is 0 Å². The zero-order valence-corrected chi connectivity index (χ0v) is 18.5. The molecule has 164 valence electrons. The van der Waals surface area contributed by atoms with Gasteiger partial charge < -0.3 is 9.84 Å². The van der Waals surface area contributed by atoms with Crippen LogP contribution in [0.1, 0.15) is 116 Å². The van der Waals surface area contributed by atoms with Crippen LogP contribution in [0.2, 0.25) is 0 Å². The summed E-state index contributed by atoms with van der Waals surface area (Å²) in [5.41, 5.74) is 0. The summed E-state index contributed by atoms with van der Waals surface area (Å²) in [5.74, 6) is 2.89. The molecule has 0 aromatic carbocycles. The van der Waals surface area contributed by atoms with E-state index in [9.17, 15) is 9.90 Å². The molecule has 1 N–H and O–H groups in total. The number of carbonyl (C=O) groups is 1. The van der Waals surface area contributed by atoms with Gasteiger partial charge in [-0.2, -0.15) is 0 Å². The van der Waals surface area contributed by atoms with E-state index in [-0.39, 0.29) is 5.97 Å².